The fourth-order valence-electron chi connectivity index (χ4n) is 4.30. The van der Waals surface area contributed by atoms with Crippen molar-refractivity contribution in [2.24, 2.45) is 0 Å². The van der Waals surface area contributed by atoms with E-state index in [2.05, 4.69) is 4.90 Å². The predicted molar refractivity (Wildman–Crippen MR) is 151 cm³/mol. The van der Waals surface area contributed by atoms with Gasteiger partial charge in [-0.1, -0.05) is 48.0 Å². The van der Waals surface area contributed by atoms with Crippen LogP contribution in [0.25, 0.3) is 0 Å². The highest BCUT2D eigenvalue weighted by Gasteiger charge is 2.27. The number of piperidine rings is 1. The number of aliphatic hydroxyl groups is 1. The summed E-state index contributed by atoms with van der Waals surface area (Å²) >= 11 is 5.99. The van der Waals surface area contributed by atoms with E-state index < -0.39 is 15.6 Å². The van der Waals surface area contributed by atoms with Gasteiger partial charge in [0.05, 0.1) is 29.3 Å². The molecule has 1 fully saturated rings. The second-order valence-corrected chi connectivity index (χ2v) is 11.7. The molecular weight excluding hydrogens is 531 g/mol. The zero-order valence-electron chi connectivity index (χ0n) is 20.9. The van der Waals surface area contributed by atoms with Gasteiger partial charge in [-0.25, -0.2) is 8.42 Å². The zero-order chi connectivity index (χ0) is 25.6. The molecule has 4 rings (SSSR count). The Bertz CT molecular complexity index is 1230. The monoisotopic (exact) mass is 564 g/mol. The van der Waals surface area contributed by atoms with Gasteiger partial charge in [0, 0.05) is 30.2 Å². The minimum atomic E-state index is -3.84. The van der Waals surface area contributed by atoms with Crippen LogP contribution in [0.5, 0.6) is 5.75 Å². The molecule has 6 nitrogen and oxygen atoms in total. The highest BCUT2D eigenvalue weighted by atomic mass is 35.5. The summed E-state index contributed by atoms with van der Waals surface area (Å²) in [7, 11) is -3.84. The molecule has 0 bridgehead atoms. The number of halogens is 2. The minimum absolute atomic E-state index is 0. The van der Waals surface area contributed by atoms with E-state index in [9.17, 15) is 13.5 Å². The average molecular weight is 566 g/mol. The standard InChI is InChI=1S/C28H33ClN2O4S.ClH/c1-28(32)16-19-30(20-17-28)18-7-21-35-27-11-6-5-8-23(27)22-31(25-9-3-2-4-10-25)36(33,34)26-14-12-24(29)13-15-26;/h2-6,8-15,32H,7,16-22H2,1H3;1H. The largest absolute Gasteiger partial charge is 0.493 e. The van der Waals surface area contributed by atoms with E-state index in [1.807, 2.05) is 49.4 Å². The molecule has 0 unspecified atom stereocenters. The summed E-state index contributed by atoms with van der Waals surface area (Å²) in [6, 6.07) is 22.8. The molecule has 37 heavy (non-hydrogen) atoms. The molecule has 0 aromatic heterocycles. The predicted octanol–water partition coefficient (Wildman–Crippen LogP) is 5.77. The number of likely N-dealkylation sites (tertiary alicyclic amines) is 1. The van der Waals surface area contributed by atoms with Crippen LogP contribution in [0.1, 0.15) is 31.7 Å². The van der Waals surface area contributed by atoms with Crippen molar-refractivity contribution in [3.05, 3.63) is 89.4 Å². The van der Waals surface area contributed by atoms with Crippen molar-refractivity contribution < 1.29 is 18.3 Å². The van der Waals surface area contributed by atoms with Gasteiger partial charge < -0.3 is 14.7 Å². The lowest BCUT2D eigenvalue weighted by molar-refractivity contribution is -0.00604. The van der Waals surface area contributed by atoms with Gasteiger partial charge >= 0.3 is 0 Å². The third kappa shape index (κ3) is 7.85. The number of nitrogens with zero attached hydrogens (tertiary/aromatic N) is 2. The highest BCUT2D eigenvalue weighted by Crippen LogP contribution is 2.29. The van der Waals surface area contributed by atoms with Gasteiger partial charge in [-0.3, -0.25) is 4.31 Å². The molecule has 9 heteroatoms. The normalized spacial score (nSPS) is 15.5. The fraction of sp³-hybridized carbons (Fsp3) is 0.357. The van der Waals surface area contributed by atoms with Crippen LogP contribution in [0.15, 0.2) is 83.8 Å². The molecule has 3 aromatic rings. The van der Waals surface area contributed by atoms with Gasteiger partial charge in [0.15, 0.2) is 0 Å². The van der Waals surface area contributed by atoms with Crippen molar-refractivity contribution in [1.82, 2.24) is 4.90 Å². The second kappa shape index (κ2) is 13.0. The summed E-state index contributed by atoms with van der Waals surface area (Å²) in [5.41, 5.74) is 0.805. The number of anilines is 1. The number of rotatable bonds is 10. The van der Waals surface area contributed by atoms with Crippen molar-refractivity contribution in [3.8, 4) is 5.75 Å². The summed E-state index contributed by atoms with van der Waals surface area (Å²) < 4.78 is 34.8. The lowest BCUT2D eigenvalue weighted by atomic mass is 9.94. The number of benzene rings is 3. The molecule has 0 saturated carbocycles. The van der Waals surface area contributed by atoms with Crippen LogP contribution in [0.4, 0.5) is 5.69 Å². The maximum Gasteiger partial charge on any atom is 0.264 e. The lowest BCUT2D eigenvalue weighted by Crippen LogP contribution is -2.42. The zero-order valence-corrected chi connectivity index (χ0v) is 23.3. The van der Waals surface area contributed by atoms with Crippen molar-refractivity contribution in [3.63, 3.8) is 0 Å². The maximum atomic E-state index is 13.7. The number of ether oxygens (including phenoxy) is 1. The Morgan fingerprint density at radius 3 is 2.27 bits per heavy atom. The molecule has 0 spiro atoms. The van der Waals surface area contributed by atoms with Crippen molar-refractivity contribution in [2.75, 3.05) is 30.5 Å². The number of hydrogen-bond acceptors (Lipinski definition) is 5. The first-order chi connectivity index (χ1) is 17.2. The summed E-state index contributed by atoms with van der Waals surface area (Å²) in [6.45, 7) is 5.23. The Morgan fingerprint density at radius 2 is 1.59 bits per heavy atom. The van der Waals surface area contributed by atoms with Gasteiger partial charge in [-0.05, 0) is 68.7 Å². The van der Waals surface area contributed by atoms with E-state index >= 15 is 0 Å². The van der Waals surface area contributed by atoms with Gasteiger partial charge in [-0.2, -0.15) is 0 Å². The fourth-order valence-corrected chi connectivity index (χ4v) is 5.87. The Morgan fingerprint density at radius 1 is 0.973 bits per heavy atom. The van der Waals surface area contributed by atoms with E-state index in [1.165, 1.54) is 16.4 Å². The van der Waals surface area contributed by atoms with Crippen molar-refractivity contribution in [2.45, 2.75) is 43.2 Å². The molecule has 0 atom stereocenters. The summed E-state index contributed by atoms with van der Waals surface area (Å²) in [5.74, 6) is 0.673. The SMILES string of the molecule is CC1(O)CCN(CCCOc2ccccc2CN(c2ccccc2)S(=O)(=O)c2ccc(Cl)cc2)CC1.Cl. The first-order valence-corrected chi connectivity index (χ1v) is 14.1. The third-order valence-corrected chi connectivity index (χ3v) is 8.58. The number of para-hydroxylation sites is 2. The number of sulfonamides is 1. The molecule has 1 aliphatic heterocycles. The maximum absolute atomic E-state index is 13.7. The molecule has 200 valence electrons. The van der Waals surface area contributed by atoms with Crippen molar-refractivity contribution >= 4 is 39.7 Å². The Balaban J connectivity index is 0.00000380. The first-order valence-electron chi connectivity index (χ1n) is 12.2. The molecule has 1 saturated heterocycles. The van der Waals surface area contributed by atoms with E-state index in [-0.39, 0.29) is 23.8 Å². The summed E-state index contributed by atoms with van der Waals surface area (Å²) in [5, 5.41) is 10.6. The highest BCUT2D eigenvalue weighted by molar-refractivity contribution is 7.92. The summed E-state index contributed by atoms with van der Waals surface area (Å²) in [6.07, 6.45) is 2.42. The first kappa shape index (κ1) is 29.3. The third-order valence-electron chi connectivity index (χ3n) is 6.54. The summed E-state index contributed by atoms with van der Waals surface area (Å²) in [4.78, 5) is 2.53. The van der Waals surface area contributed by atoms with Crippen LogP contribution >= 0.6 is 24.0 Å². The van der Waals surface area contributed by atoms with E-state index in [1.54, 1.807) is 24.3 Å². The second-order valence-electron chi connectivity index (χ2n) is 9.45. The van der Waals surface area contributed by atoms with Crippen LogP contribution in [0.3, 0.4) is 0 Å². The molecule has 1 heterocycles. The Hall–Kier alpha value is -2.29. The van der Waals surface area contributed by atoms with Crippen LogP contribution in [-0.2, 0) is 16.6 Å². The number of hydrogen-bond donors (Lipinski definition) is 1. The quantitative estimate of drug-likeness (QED) is 0.316. The van der Waals surface area contributed by atoms with Crippen molar-refractivity contribution in [1.29, 1.82) is 0 Å². The van der Waals surface area contributed by atoms with Crippen LogP contribution in [0, 0.1) is 0 Å². The van der Waals surface area contributed by atoms with Crippen LogP contribution < -0.4 is 9.04 Å². The molecule has 0 amide bonds. The van der Waals surface area contributed by atoms with Gasteiger partial charge in [0.25, 0.3) is 10.0 Å². The van der Waals surface area contributed by atoms with E-state index in [0.717, 1.165) is 44.5 Å². The van der Waals surface area contributed by atoms with Crippen LogP contribution in [0.2, 0.25) is 5.02 Å². The molecule has 3 aromatic carbocycles. The molecular formula is C28H34Cl2N2O4S. The molecule has 0 radical (unpaired) electrons. The van der Waals surface area contributed by atoms with Gasteiger partial charge in [0.2, 0.25) is 0 Å². The van der Waals surface area contributed by atoms with Gasteiger partial charge in [0.1, 0.15) is 5.75 Å². The smallest absolute Gasteiger partial charge is 0.264 e. The average Bonchev–Trinajstić information content (AvgIpc) is 2.87. The Labute approximate surface area is 231 Å². The minimum Gasteiger partial charge on any atom is -0.493 e. The van der Waals surface area contributed by atoms with Crippen LogP contribution in [-0.4, -0.2) is 50.3 Å². The van der Waals surface area contributed by atoms with Gasteiger partial charge in [-0.15, -0.1) is 12.4 Å². The lowest BCUT2D eigenvalue weighted by Gasteiger charge is -2.35. The Kier molecular flexibility index (Phi) is 10.3. The molecule has 0 aliphatic carbocycles. The van der Waals surface area contributed by atoms with E-state index in [4.69, 9.17) is 16.3 Å². The van der Waals surface area contributed by atoms with E-state index in [0.29, 0.717) is 23.1 Å². The molecule has 1 N–H and O–H groups in total. The molecule has 1 aliphatic rings. The topological polar surface area (TPSA) is 70.1 Å².